The Bertz CT molecular complexity index is 133. The molecule has 0 heteroatoms. The third-order valence-corrected chi connectivity index (χ3v) is 2.54. The van der Waals surface area contributed by atoms with Gasteiger partial charge in [0.15, 0.2) is 0 Å². The van der Waals surface area contributed by atoms with Gasteiger partial charge in [0, 0.05) is 0 Å². The number of hydrogen-bond acceptors (Lipinski definition) is 0. The fraction of sp³-hybridized carbons (Fsp3) is 0.600. The maximum Gasteiger partial charge on any atom is -0.00531 e. The van der Waals surface area contributed by atoms with Crippen LogP contribution in [0.2, 0.25) is 0 Å². The Labute approximate surface area is 62.6 Å². The first-order valence-electron chi connectivity index (χ1n) is 4.32. The van der Waals surface area contributed by atoms with Crippen molar-refractivity contribution >= 4 is 0 Å². The molecule has 0 amide bonds. The van der Waals surface area contributed by atoms with Crippen molar-refractivity contribution < 1.29 is 0 Å². The lowest BCUT2D eigenvalue weighted by molar-refractivity contribution is 0.522. The first-order valence-corrected chi connectivity index (χ1v) is 4.32. The van der Waals surface area contributed by atoms with Gasteiger partial charge in [-0.2, -0.15) is 0 Å². The van der Waals surface area contributed by atoms with Gasteiger partial charge in [0.25, 0.3) is 0 Å². The summed E-state index contributed by atoms with van der Waals surface area (Å²) < 4.78 is 0. The van der Waals surface area contributed by atoms with Crippen LogP contribution in [0.5, 0.6) is 0 Å². The predicted molar refractivity (Wildman–Crippen MR) is 43.7 cm³/mol. The van der Waals surface area contributed by atoms with E-state index in [2.05, 4.69) is 24.3 Å². The molecule has 0 aromatic rings. The van der Waals surface area contributed by atoms with E-state index in [4.69, 9.17) is 0 Å². The molecule has 0 saturated heterocycles. The zero-order valence-electron chi connectivity index (χ0n) is 6.29. The molecule has 10 heavy (non-hydrogen) atoms. The van der Waals surface area contributed by atoms with E-state index in [1.807, 2.05) is 0 Å². The summed E-state index contributed by atoms with van der Waals surface area (Å²) in [6, 6.07) is 0. The highest BCUT2D eigenvalue weighted by atomic mass is 14.2. The normalized spacial score (nSPS) is 37.6. The Morgan fingerprint density at radius 2 is 1.10 bits per heavy atom. The summed E-state index contributed by atoms with van der Waals surface area (Å²) in [4.78, 5) is 0. The average Bonchev–Trinajstić information content (AvgIpc) is 1.89. The molecule has 0 unspecified atom stereocenters. The molecule has 0 saturated carbocycles. The van der Waals surface area contributed by atoms with Crippen LogP contribution < -0.4 is 0 Å². The number of rotatable bonds is 0. The van der Waals surface area contributed by atoms with E-state index in [-0.39, 0.29) is 0 Å². The zero-order chi connectivity index (χ0) is 6.81. The zero-order valence-corrected chi connectivity index (χ0v) is 6.29. The summed E-state index contributed by atoms with van der Waals surface area (Å²) in [6.07, 6.45) is 15.1. The van der Waals surface area contributed by atoms with E-state index >= 15 is 0 Å². The van der Waals surface area contributed by atoms with Gasteiger partial charge in [-0.05, 0) is 24.7 Å². The van der Waals surface area contributed by atoms with Gasteiger partial charge in [0.2, 0.25) is 0 Å². The van der Waals surface area contributed by atoms with Gasteiger partial charge in [0.1, 0.15) is 0 Å². The second-order valence-electron chi connectivity index (χ2n) is 3.38. The van der Waals surface area contributed by atoms with Gasteiger partial charge in [-0.15, -0.1) is 0 Å². The summed E-state index contributed by atoms with van der Waals surface area (Å²) in [5.74, 6) is 1.55. The van der Waals surface area contributed by atoms with Crippen molar-refractivity contribution in [1.29, 1.82) is 0 Å². The van der Waals surface area contributed by atoms with Crippen LogP contribution in [0, 0.1) is 11.8 Å². The second-order valence-corrected chi connectivity index (χ2v) is 3.38. The van der Waals surface area contributed by atoms with E-state index in [0.717, 1.165) is 11.8 Å². The van der Waals surface area contributed by atoms with Crippen molar-refractivity contribution in [3.05, 3.63) is 24.3 Å². The number of fused-ring (bicyclic) bond motifs is 3. The highest BCUT2D eigenvalue weighted by Crippen LogP contribution is 2.26. The number of hydrogen-bond donors (Lipinski definition) is 0. The molecule has 0 atom stereocenters. The first kappa shape index (κ1) is 6.21. The van der Waals surface area contributed by atoms with Crippen molar-refractivity contribution in [3.63, 3.8) is 0 Å². The van der Waals surface area contributed by atoms with Gasteiger partial charge in [0.05, 0.1) is 0 Å². The fourth-order valence-electron chi connectivity index (χ4n) is 1.84. The molecule has 54 valence electrons. The lowest BCUT2D eigenvalue weighted by Gasteiger charge is -2.20. The van der Waals surface area contributed by atoms with Crippen LogP contribution in [0.15, 0.2) is 24.3 Å². The number of allylic oxidation sites excluding steroid dienone is 4. The molecular weight excluding hydrogens is 120 g/mol. The molecule has 0 heterocycles. The Kier molecular flexibility index (Phi) is 1.62. The molecule has 0 aromatic carbocycles. The highest BCUT2D eigenvalue weighted by Gasteiger charge is 2.12. The van der Waals surface area contributed by atoms with Crippen LogP contribution in [-0.4, -0.2) is 0 Å². The van der Waals surface area contributed by atoms with Crippen LogP contribution in [0.1, 0.15) is 25.7 Å². The Morgan fingerprint density at radius 1 is 0.700 bits per heavy atom. The standard InChI is InChI=1S/C10H14/c1-2-4-10-7-5-9(3-1)6-8-10/h5-10H,1-4H2. The van der Waals surface area contributed by atoms with E-state index < -0.39 is 0 Å². The molecule has 0 radical (unpaired) electrons. The molecule has 3 aliphatic rings. The van der Waals surface area contributed by atoms with Gasteiger partial charge >= 0.3 is 0 Å². The van der Waals surface area contributed by atoms with Crippen LogP contribution in [0.3, 0.4) is 0 Å². The molecular formula is C10H14. The Balaban J connectivity index is 2.15. The van der Waals surface area contributed by atoms with Crippen LogP contribution in [0.25, 0.3) is 0 Å². The Hall–Kier alpha value is -0.520. The van der Waals surface area contributed by atoms with Gasteiger partial charge < -0.3 is 0 Å². The van der Waals surface area contributed by atoms with Gasteiger partial charge in [-0.1, -0.05) is 37.1 Å². The molecule has 0 fully saturated rings. The van der Waals surface area contributed by atoms with E-state index in [1.54, 1.807) is 0 Å². The van der Waals surface area contributed by atoms with Crippen molar-refractivity contribution in [2.45, 2.75) is 25.7 Å². The molecule has 3 aliphatic carbocycles. The minimum Gasteiger partial charge on any atom is -0.0810 e. The molecule has 0 spiro atoms. The lowest BCUT2D eigenvalue weighted by atomic mass is 9.86. The largest absolute Gasteiger partial charge is 0.0810 e. The Morgan fingerprint density at radius 3 is 1.50 bits per heavy atom. The minimum absolute atomic E-state index is 0.775. The summed E-state index contributed by atoms with van der Waals surface area (Å²) in [5.41, 5.74) is 0. The highest BCUT2D eigenvalue weighted by molar-refractivity contribution is 5.13. The smallest absolute Gasteiger partial charge is 0.00531 e. The third-order valence-electron chi connectivity index (χ3n) is 2.54. The van der Waals surface area contributed by atoms with E-state index in [9.17, 15) is 0 Å². The first-order chi connectivity index (χ1) is 4.95. The third kappa shape index (κ3) is 1.16. The summed E-state index contributed by atoms with van der Waals surface area (Å²) in [7, 11) is 0. The topological polar surface area (TPSA) is 0 Å². The van der Waals surface area contributed by atoms with Crippen molar-refractivity contribution in [3.8, 4) is 0 Å². The van der Waals surface area contributed by atoms with Crippen molar-refractivity contribution in [1.82, 2.24) is 0 Å². The molecule has 0 nitrogen and oxygen atoms in total. The average molecular weight is 134 g/mol. The van der Waals surface area contributed by atoms with Crippen LogP contribution in [-0.2, 0) is 0 Å². The van der Waals surface area contributed by atoms with Crippen LogP contribution >= 0.6 is 0 Å². The lowest BCUT2D eigenvalue weighted by Crippen LogP contribution is -2.06. The summed E-state index contributed by atoms with van der Waals surface area (Å²) in [5, 5.41) is 0. The summed E-state index contributed by atoms with van der Waals surface area (Å²) >= 11 is 0. The summed E-state index contributed by atoms with van der Waals surface area (Å²) in [6.45, 7) is 0. The second kappa shape index (κ2) is 2.61. The predicted octanol–water partition coefficient (Wildman–Crippen LogP) is 2.92. The quantitative estimate of drug-likeness (QED) is 0.447. The maximum atomic E-state index is 2.38. The minimum atomic E-state index is 0.775. The molecule has 0 aliphatic heterocycles. The van der Waals surface area contributed by atoms with Crippen LogP contribution in [0.4, 0.5) is 0 Å². The molecule has 0 aromatic heterocycles. The van der Waals surface area contributed by atoms with E-state index in [1.165, 1.54) is 25.7 Å². The fourth-order valence-corrected chi connectivity index (χ4v) is 1.84. The van der Waals surface area contributed by atoms with Crippen molar-refractivity contribution in [2.24, 2.45) is 11.8 Å². The van der Waals surface area contributed by atoms with Crippen molar-refractivity contribution in [2.75, 3.05) is 0 Å². The van der Waals surface area contributed by atoms with Gasteiger partial charge in [-0.25, -0.2) is 0 Å². The maximum absolute atomic E-state index is 2.38. The molecule has 0 N–H and O–H groups in total. The molecule has 2 bridgehead atoms. The van der Waals surface area contributed by atoms with E-state index in [0.29, 0.717) is 0 Å². The monoisotopic (exact) mass is 134 g/mol. The van der Waals surface area contributed by atoms with Gasteiger partial charge in [-0.3, -0.25) is 0 Å². The molecule has 3 rings (SSSR count). The SMILES string of the molecule is C1=CC2C=CC1CCCC2.